The molecule has 1 amide bonds. The number of halogens is 2. The van der Waals surface area contributed by atoms with E-state index < -0.39 is 0 Å². The summed E-state index contributed by atoms with van der Waals surface area (Å²) in [5.41, 5.74) is 7.91. The number of nitrogens with two attached hydrogens (primary N) is 1. The maximum absolute atomic E-state index is 12.1. The first-order valence-corrected chi connectivity index (χ1v) is 7.93. The van der Waals surface area contributed by atoms with Gasteiger partial charge in [-0.1, -0.05) is 17.7 Å². The number of likely N-dealkylation sites (tertiary alicyclic amines) is 1. The van der Waals surface area contributed by atoms with Gasteiger partial charge in [-0.15, -0.1) is 12.4 Å². The molecule has 1 aliphatic rings. The molecule has 0 radical (unpaired) electrons. The Morgan fingerprint density at radius 1 is 1.50 bits per heavy atom. The van der Waals surface area contributed by atoms with Gasteiger partial charge in [0.25, 0.3) is 0 Å². The lowest BCUT2D eigenvalue weighted by atomic mass is 9.96. The highest BCUT2D eigenvalue weighted by molar-refractivity contribution is 6.30. The molecule has 0 bridgehead atoms. The predicted octanol–water partition coefficient (Wildman–Crippen LogP) is 2.36. The van der Waals surface area contributed by atoms with Crippen molar-refractivity contribution in [3.63, 3.8) is 0 Å². The molecule has 1 aliphatic heterocycles. The standard InChI is InChI=1S/C16H24ClN3O.ClH/c1-12-9-15(17)5-4-13(12)10-20-8-2-3-14(11-20)16(21)19-7-6-18;/h4-5,9,14H,2-3,6-8,10-11,18H2,1H3,(H,19,21);1H. The Balaban J connectivity index is 0.00000242. The second-order valence-corrected chi connectivity index (χ2v) is 6.16. The molecule has 1 saturated heterocycles. The Morgan fingerprint density at radius 3 is 2.95 bits per heavy atom. The van der Waals surface area contributed by atoms with Gasteiger partial charge in [-0.25, -0.2) is 0 Å². The van der Waals surface area contributed by atoms with Gasteiger partial charge in [0, 0.05) is 31.2 Å². The zero-order valence-electron chi connectivity index (χ0n) is 13.0. The van der Waals surface area contributed by atoms with Gasteiger partial charge in [-0.2, -0.15) is 0 Å². The molecule has 1 heterocycles. The molecule has 1 fully saturated rings. The molecule has 1 atom stereocenters. The Hall–Kier alpha value is -0.810. The summed E-state index contributed by atoms with van der Waals surface area (Å²) in [5, 5.41) is 3.67. The molecular formula is C16H25Cl2N3O. The SMILES string of the molecule is Cc1cc(Cl)ccc1CN1CCCC(C(=O)NCCN)C1.Cl. The molecule has 4 nitrogen and oxygen atoms in total. The van der Waals surface area contributed by atoms with Crippen LogP contribution in [0, 0.1) is 12.8 Å². The van der Waals surface area contributed by atoms with E-state index in [1.54, 1.807) is 0 Å². The Labute approximate surface area is 143 Å². The number of hydrogen-bond acceptors (Lipinski definition) is 3. The first-order valence-electron chi connectivity index (χ1n) is 7.55. The average molecular weight is 346 g/mol. The Kier molecular flexibility index (Phi) is 8.18. The third kappa shape index (κ3) is 5.43. The summed E-state index contributed by atoms with van der Waals surface area (Å²) >= 11 is 6.00. The van der Waals surface area contributed by atoms with Crippen molar-refractivity contribution < 1.29 is 4.79 Å². The normalized spacial score (nSPS) is 18.6. The summed E-state index contributed by atoms with van der Waals surface area (Å²) < 4.78 is 0. The fraction of sp³-hybridized carbons (Fsp3) is 0.562. The number of nitrogens with one attached hydrogen (secondary N) is 1. The van der Waals surface area contributed by atoms with E-state index in [9.17, 15) is 4.79 Å². The van der Waals surface area contributed by atoms with Gasteiger partial charge in [-0.3, -0.25) is 9.69 Å². The van der Waals surface area contributed by atoms with E-state index in [-0.39, 0.29) is 24.2 Å². The van der Waals surface area contributed by atoms with Crippen molar-refractivity contribution in [2.24, 2.45) is 11.7 Å². The highest BCUT2D eigenvalue weighted by atomic mass is 35.5. The van der Waals surface area contributed by atoms with E-state index in [2.05, 4.69) is 23.2 Å². The van der Waals surface area contributed by atoms with Gasteiger partial charge in [0.2, 0.25) is 5.91 Å². The molecule has 2 rings (SSSR count). The van der Waals surface area contributed by atoms with E-state index in [1.165, 1.54) is 11.1 Å². The van der Waals surface area contributed by atoms with Crippen LogP contribution in [0.1, 0.15) is 24.0 Å². The van der Waals surface area contributed by atoms with Crippen LogP contribution in [0.25, 0.3) is 0 Å². The zero-order valence-corrected chi connectivity index (χ0v) is 14.6. The Morgan fingerprint density at radius 2 is 2.27 bits per heavy atom. The smallest absolute Gasteiger partial charge is 0.224 e. The number of nitrogens with zero attached hydrogens (tertiary/aromatic N) is 1. The van der Waals surface area contributed by atoms with Gasteiger partial charge in [0.1, 0.15) is 0 Å². The molecule has 22 heavy (non-hydrogen) atoms. The molecule has 0 spiro atoms. The van der Waals surface area contributed by atoms with Crippen molar-refractivity contribution in [1.29, 1.82) is 0 Å². The highest BCUT2D eigenvalue weighted by Gasteiger charge is 2.25. The number of amides is 1. The van der Waals surface area contributed by atoms with Gasteiger partial charge in [0.05, 0.1) is 5.92 Å². The topological polar surface area (TPSA) is 58.4 Å². The maximum atomic E-state index is 12.1. The number of piperidine rings is 1. The van der Waals surface area contributed by atoms with Crippen LogP contribution in [0.15, 0.2) is 18.2 Å². The third-order valence-electron chi connectivity index (χ3n) is 4.02. The third-order valence-corrected chi connectivity index (χ3v) is 4.25. The Bertz CT molecular complexity index is 496. The number of rotatable bonds is 5. The van der Waals surface area contributed by atoms with Gasteiger partial charge in [-0.05, 0) is 49.6 Å². The van der Waals surface area contributed by atoms with Crippen LogP contribution in [-0.2, 0) is 11.3 Å². The quantitative estimate of drug-likeness (QED) is 0.861. The van der Waals surface area contributed by atoms with Crippen molar-refractivity contribution in [2.45, 2.75) is 26.3 Å². The molecule has 124 valence electrons. The zero-order chi connectivity index (χ0) is 15.2. The number of carbonyl (C=O) groups is 1. The highest BCUT2D eigenvalue weighted by Crippen LogP contribution is 2.21. The first-order chi connectivity index (χ1) is 10.1. The van der Waals surface area contributed by atoms with Crippen molar-refractivity contribution >= 4 is 29.9 Å². The van der Waals surface area contributed by atoms with Crippen LogP contribution < -0.4 is 11.1 Å². The van der Waals surface area contributed by atoms with Crippen molar-refractivity contribution in [2.75, 3.05) is 26.2 Å². The molecule has 3 N–H and O–H groups in total. The van der Waals surface area contributed by atoms with E-state index in [1.807, 2.05) is 12.1 Å². The molecule has 0 aromatic heterocycles. The van der Waals surface area contributed by atoms with Gasteiger partial charge >= 0.3 is 0 Å². The number of aryl methyl sites for hydroxylation is 1. The molecule has 0 saturated carbocycles. The average Bonchev–Trinajstić information content (AvgIpc) is 2.48. The van der Waals surface area contributed by atoms with Crippen molar-refractivity contribution in [1.82, 2.24) is 10.2 Å². The molecule has 1 unspecified atom stereocenters. The fourth-order valence-electron chi connectivity index (χ4n) is 2.83. The van der Waals surface area contributed by atoms with Gasteiger partial charge in [0.15, 0.2) is 0 Å². The minimum atomic E-state index is 0. The summed E-state index contributed by atoms with van der Waals surface area (Å²) in [7, 11) is 0. The minimum absolute atomic E-state index is 0. The number of hydrogen-bond donors (Lipinski definition) is 2. The number of benzene rings is 1. The molecule has 6 heteroatoms. The summed E-state index contributed by atoms with van der Waals surface area (Å²) in [4.78, 5) is 14.4. The van der Waals surface area contributed by atoms with Crippen LogP contribution in [0.4, 0.5) is 0 Å². The first kappa shape index (κ1) is 19.2. The second kappa shape index (κ2) is 9.36. The lowest BCUT2D eigenvalue weighted by Gasteiger charge is -2.32. The monoisotopic (exact) mass is 345 g/mol. The number of carbonyl (C=O) groups excluding carboxylic acids is 1. The van der Waals surface area contributed by atoms with E-state index in [0.29, 0.717) is 13.1 Å². The lowest BCUT2D eigenvalue weighted by Crippen LogP contribution is -2.43. The molecule has 1 aromatic carbocycles. The molecule has 1 aromatic rings. The summed E-state index contributed by atoms with van der Waals surface area (Å²) in [6.45, 7) is 5.87. The van der Waals surface area contributed by atoms with Crippen molar-refractivity contribution in [3.8, 4) is 0 Å². The summed E-state index contributed by atoms with van der Waals surface area (Å²) in [5.74, 6) is 0.218. The predicted molar refractivity (Wildman–Crippen MR) is 93.5 cm³/mol. The van der Waals surface area contributed by atoms with Crippen molar-refractivity contribution in [3.05, 3.63) is 34.3 Å². The summed E-state index contributed by atoms with van der Waals surface area (Å²) in [6, 6.07) is 6.00. The minimum Gasteiger partial charge on any atom is -0.355 e. The van der Waals surface area contributed by atoms with Crippen LogP contribution >= 0.6 is 24.0 Å². The fourth-order valence-corrected chi connectivity index (χ4v) is 3.06. The lowest BCUT2D eigenvalue weighted by molar-refractivity contribution is -0.126. The largest absolute Gasteiger partial charge is 0.355 e. The van der Waals surface area contributed by atoms with Crippen LogP contribution in [-0.4, -0.2) is 37.0 Å². The molecular weight excluding hydrogens is 321 g/mol. The van der Waals surface area contributed by atoms with E-state index in [0.717, 1.165) is 37.5 Å². The molecule has 0 aliphatic carbocycles. The van der Waals surface area contributed by atoms with Gasteiger partial charge < -0.3 is 11.1 Å². The van der Waals surface area contributed by atoms with Crippen LogP contribution in [0.3, 0.4) is 0 Å². The maximum Gasteiger partial charge on any atom is 0.224 e. The van der Waals surface area contributed by atoms with Crippen LogP contribution in [0.5, 0.6) is 0 Å². The second-order valence-electron chi connectivity index (χ2n) is 5.72. The van der Waals surface area contributed by atoms with E-state index in [4.69, 9.17) is 17.3 Å². The van der Waals surface area contributed by atoms with Crippen LogP contribution in [0.2, 0.25) is 5.02 Å². The summed E-state index contributed by atoms with van der Waals surface area (Å²) in [6.07, 6.45) is 2.03. The van der Waals surface area contributed by atoms with E-state index >= 15 is 0 Å².